The van der Waals surface area contributed by atoms with Gasteiger partial charge in [0.15, 0.2) is 5.82 Å². The number of aliphatic hydroxyl groups excluding tert-OH is 2. The zero-order chi connectivity index (χ0) is 13.9. The van der Waals surface area contributed by atoms with E-state index in [1.165, 1.54) is 0 Å². The van der Waals surface area contributed by atoms with E-state index in [4.69, 9.17) is 4.52 Å². The minimum absolute atomic E-state index is 0.0176. The normalized spacial score (nSPS) is 28.7. The molecular weight excluding hydrogens is 246 g/mol. The first-order chi connectivity index (χ1) is 9.09. The molecule has 108 valence electrons. The van der Waals surface area contributed by atoms with Crippen LogP contribution in [0.3, 0.4) is 0 Å². The van der Waals surface area contributed by atoms with Crippen LogP contribution in [0.5, 0.6) is 0 Å². The van der Waals surface area contributed by atoms with Crippen LogP contribution in [0.1, 0.15) is 37.9 Å². The Morgan fingerprint density at radius 1 is 1.53 bits per heavy atom. The van der Waals surface area contributed by atoms with Gasteiger partial charge in [-0.05, 0) is 12.8 Å². The maximum Gasteiger partial charge on any atom is 0.223 e. The Hall–Kier alpha value is -0.980. The molecule has 2 atom stereocenters. The van der Waals surface area contributed by atoms with Gasteiger partial charge in [-0.1, -0.05) is 18.5 Å². The molecule has 6 heteroatoms. The molecule has 0 unspecified atom stereocenters. The lowest BCUT2D eigenvalue weighted by Crippen LogP contribution is -2.53. The standard InChI is InChI=1S/C13H23N3O3/c1-3-5-13(9-17)8-16(6-4-11(13)18)7-12-14-10(2)19-15-12/h11,17-18H,3-9H2,1-2H3/t11-,13-/m0/s1. The fraction of sp³-hybridized carbons (Fsp3) is 0.846. The quantitative estimate of drug-likeness (QED) is 0.819. The highest BCUT2D eigenvalue weighted by Gasteiger charge is 2.41. The van der Waals surface area contributed by atoms with Gasteiger partial charge in [0.25, 0.3) is 0 Å². The minimum Gasteiger partial charge on any atom is -0.396 e. The molecule has 0 saturated carbocycles. The van der Waals surface area contributed by atoms with E-state index in [1.807, 2.05) is 0 Å². The number of nitrogens with zero attached hydrogens (tertiary/aromatic N) is 3. The average molecular weight is 269 g/mol. The number of aryl methyl sites for hydroxylation is 1. The molecule has 1 aliphatic rings. The van der Waals surface area contributed by atoms with E-state index in [0.717, 1.165) is 19.4 Å². The van der Waals surface area contributed by atoms with E-state index in [0.29, 0.717) is 31.2 Å². The van der Waals surface area contributed by atoms with Crippen LogP contribution in [0.25, 0.3) is 0 Å². The second-order valence-electron chi connectivity index (χ2n) is 5.52. The molecule has 2 rings (SSSR count). The molecule has 2 N–H and O–H groups in total. The van der Waals surface area contributed by atoms with Crippen LogP contribution in [0, 0.1) is 12.3 Å². The molecule has 19 heavy (non-hydrogen) atoms. The maximum atomic E-state index is 10.2. The zero-order valence-corrected chi connectivity index (χ0v) is 11.7. The first kappa shape index (κ1) is 14.4. The van der Waals surface area contributed by atoms with Gasteiger partial charge in [0, 0.05) is 25.4 Å². The summed E-state index contributed by atoms with van der Waals surface area (Å²) in [5.74, 6) is 1.23. The number of rotatable bonds is 5. The third kappa shape index (κ3) is 3.13. The van der Waals surface area contributed by atoms with E-state index in [2.05, 4.69) is 22.0 Å². The SMILES string of the molecule is CCC[C@@]1(CO)CN(Cc2noc(C)n2)CC[C@@H]1O. The summed E-state index contributed by atoms with van der Waals surface area (Å²) in [6, 6.07) is 0. The highest BCUT2D eigenvalue weighted by molar-refractivity contribution is 4.95. The van der Waals surface area contributed by atoms with Crippen molar-refractivity contribution in [3.63, 3.8) is 0 Å². The highest BCUT2D eigenvalue weighted by atomic mass is 16.5. The topological polar surface area (TPSA) is 82.6 Å². The predicted molar refractivity (Wildman–Crippen MR) is 69.4 cm³/mol. The summed E-state index contributed by atoms with van der Waals surface area (Å²) < 4.78 is 4.97. The molecule has 0 aromatic carbocycles. The largest absolute Gasteiger partial charge is 0.396 e. The minimum atomic E-state index is -0.430. The lowest BCUT2D eigenvalue weighted by Gasteiger charge is -2.45. The molecule has 0 radical (unpaired) electrons. The summed E-state index contributed by atoms with van der Waals surface area (Å²) in [5.41, 5.74) is -0.411. The Morgan fingerprint density at radius 3 is 2.89 bits per heavy atom. The second-order valence-corrected chi connectivity index (χ2v) is 5.52. The van der Waals surface area contributed by atoms with Gasteiger partial charge in [0.05, 0.1) is 19.3 Å². The van der Waals surface area contributed by atoms with Crippen LogP contribution in [0.2, 0.25) is 0 Å². The van der Waals surface area contributed by atoms with Gasteiger partial charge in [0.2, 0.25) is 5.89 Å². The van der Waals surface area contributed by atoms with Crippen LogP contribution in [0.4, 0.5) is 0 Å². The van der Waals surface area contributed by atoms with Gasteiger partial charge in [0.1, 0.15) is 0 Å². The molecule has 6 nitrogen and oxygen atoms in total. The van der Waals surface area contributed by atoms with Crippen molar-refractivity contribution in [1.82, 2.24) is 15.0 Å². The Balaban J connectivity index is 2.03. The maximum absolute atomic E-state index is 10.2. The Bertz CT molecular complexity index is 410. The Morgan fingerprint density at radius 2 is 2.32 bits per heavy atom. The molecule has 1 aromatic heterocycles. The van der Waals surface area contributed by atoms with Crippen molar-refractivity contribution in [3.05, 3.63) is 11.7 Å². The van der Waals surface area contributed by atoms with Gasteiger partial charge < -0.3 is 14.7 Å². The fourth-order valence-electron chi connectivity index (χ4n) is 2.96. The van der Waals surface area contributed by atoms with Crippen molar-refractivity contribution >= 4 is 0 Å². The molecule has 0 spiro atoms. The van der Waals surface area contributed by atoms with Crippen molar-refractivity contribution in [2.24, 2.45) is 5.41 Å². The van der Waals surface area contributed by atoms with Crippen molar-refractivity contribution in [1.29, 1.82) is 0 Å². The molecular formula is C13H23N3O3. The average Bonchev–Trinajstić information content (AvgIpc) is 2.79. The number of piperidine rings is 1. The molecule has 1 saturated heterocycles. The number of aliphatic hydroxyl groups is 2. The monoisotopic (exact) mass is 269 g/mol. The fourth-order valence-corrected chi connectivity index (χ4v) is 2.96. The Labute approximate surface area is 113 Å². The van der Waals surface area contributed by atoms with Gasteiger partial charge in [-0.2, -0.15) is 4.98 Å². The second kappa shape index (κ2) is 5.98. The molecule has 1 aliphatic heterocycles. The first-order valence-corrected chi connectivity index (χ1v) is 6.90. The third-order valence-electron chi connectivity index (χ3n) is 3.96. The van der Waals surface area contributed by atoms with Crippen molar-refractivity contribution < 1.29 is 14.7 Å². The lowest BCUT2D eigenvalue weighted by molar-refractivity contribution is -0.0825. The van der Waals surface area contributed by atoms with Crippen LogP contribution < -0.4 is 0 Å². The summed E-state index contributed by atoms with van der Waals surface area (Å²) in [7, 11) is 0. The van der Waals surface area contributed by atoms with E-state index in [1.54, 1.807) is 6.92 Å². The van der Waals surface area contributed by atoms with E-state index in [-0.39, 0.29) is 6.61 Å². The molecule has 0 aliphatic carbocycles. The van der Waals surface area contributed by atoms with Crippen LogP contribution in [-0.2, 0) is 6.54 Å². The molecule has 2 heterocycles. The van der Waals surface area contributed by atoms with Gasteiger partial charge in [-0.3, -0.25) is 4.90 Å². The van der Waals surface area contributed by atoms with Gasteiger partial charge in [-0.25, -0.2) is 0 Å². The highest BCUT2D eigenvalue weighted by Crippen LogP contribution is 2.35. The summed E-state index contributed by atoms with van der Waals surface area (Å²) in [4.78, 5) is 6.38. The number of aromatic nitrogens is 2. The molecule has 0 amide bonds. The van der Waals surface area contributed by atoms with Gasteiger partial charge >= 0.3 is 0 Å². The van der Waals surface area contributed by atoms with Crippen LogP contribution in [-0.4, -0.2) is 51.1 Å². The first-order valence-electron chi connectivity index (χ1n) is 6.90. The van der Waals surface area contributed by atoms with Crippen LogP contribution >= 0.6 is 0 Å². The summed E-state index contributed by atoms with van der Waals surface area (Å²) in [6.07, 6.45) is 2.03. The molecule has 0 bridgehead atoms. The van der Waals surface area contributed by atoms with Crippen molar-refractivity contribution in [2.75, 3.05) is 19.7 Å². The van der Waals surface area contributed by atoms with E-state index in [9.17, 15) is 10.2 Å². The molecule has 1 aromatic rings. The number of hydrogen-bond acceptors (Lipinski definition) is 6. The van der Waals surface area contributed by atoms with Crippen molar-refractivity contribution in [2.45, 2.75) is 45.8 Å². The third-order valence-corrected chi connectivity index (χ3v) is 3.96. The summed E-state index contributed by atoms with van der Waals surface area (Å²) in [5, 5.41) is 23.8. The van der Waals surface area contributed by atoms with Crippen molar-refractivity contribution in [3.8, 4) is 0 Å². The summed E-state index contributed by atoms with van der Waals surface area (Å²) >= 11 is 0. The molecule has 1 fully saturated rings. The Kier molecular flexibility index (Phi) is 4.54. The number of likely N-dealkylation sites (tertiary alicyclic amines) is 1. The smallest absolute Gasteiger partial charge is 0.223 e. The van der Waals surface area contributed by atoms with E-state index >= 15 is 0 Å². The van der Waals surface area contributed by atoms with E-state index < -0.39 is 11.5 Å². The summed E-state index contributed by atoms with van der Waals surface area (Å²) in [6.45, 7) is 5.93. The predicted octanol–water partition coefficient (Wildman–Crippen LogP) is 0.723. The lowest BCUT2D eigenvalue weighted by atomic mass is 9.74. The number of hydrogen-bond donors (Lipinski definition) is 2. The van der Waals surface area contributed by atoms with Crippen LogP contribution in [0.15, 0.2) is 4.52 Å². The van der Waals surface area contributed by atoms with Gasteiger partial charge in [-0.15, -0.1) is 0 Å². The zero-order valence-electron chi connectivity index (χ0n) is 11.7.